The Morgan fingerprint density at radius 3 is 0.901 bits per heavy atom. The van der Waals surface area contributed by atoms with Gasteiger partial charge in [0.2, 0.25) is 0 Å². The first-order valence-corrected chi connectivity index (χ1v) is 39.9. The molecule has 0 amide bonds. The highest BCUT2D eigenvalue weighted by Crippen LogP contribution is 2.45. The summed E-state index contributed by atoms with van der Waals surface area (Å²) in [7, 11) is -9.91. The van der Waals surface area contributed by atoms with E-state index >= 15 is 0 Å². The molecule has 0 aromatic carbocycles. The maximum Gasteiger partial charge on any atom is 0.472 e. The maximum absolute atomic E-state index is 13.0. The summed E-state index contributed by atoms with van der Waals surface area (Å²) in [5, 5.41) is 10.6. The molecular weight excluding hydrogens is 1200 g/mol. The highest BCUT2D eigenvalue weighted by molar-refractivity contribution is 7.47. The number of hydrogen-bond donors (Lipinski definition) is 3. The number of rotatable bonds is 70. The number of carbonyl (C=O) groups excluding carboxylic acids is 4. The van der Waals surface area contributed by atoms with Crippen molar-refractivity contribution in [2.75, 3.05) is 39.6 Å². The lowest BCUT2D eigenvalue weighted by Crippen LogP contribution is -2.30. The van der Waals surface area contributed by atoms with E-state index in [2.05, 4.69) is 58.9 Å². The fourth-order valence-corrected chi connectivity index (χ4v) is 12.0. The number of unbranched alkanes of at least 4 members (excludes halogenated alkanes) is 39. The topological polar surface area (TPSA) is 237 Å². The number of allylic oxidation sites excluding steroid dienone is 4. The van der Waals surface area contributed by atoms with Crippen molar-refractivity contribution in [1.82, 2.24) is 0 Å². The predicted octanol–water partition coefficient (Wildman–Crippen LogP) is 20.5. The normalized spacial score (nSPS) is 14.2. The van der Waals surface area contributed by atoms with E-state index in [0.29, 0.717) is 25.7 Å². The van der Waals surface area contributed by atoms with Gasteiger partial charge in [-0.05, 0) is 57.3 Å². The number of carbonyl (C=O) groups is 4. The molecule has 91 heavy (non-hydrogen) atoms. The summed E-state index contributed by atoms with van der Waals surface area (Å²) in [4.78, 5) is 72.6. The number of esters is 4. The van der Waals surface area contributed by atoms with E-state index < -0.39 is 97.5 Å². The Balaban J connectivity index is 5.29. The summed E-state index contributed by atoms with van der Waals surface area (Å²) in [5.74, 6) is -1.43. The SMILES string of the molecule is CCCCCC/C=C\C=C/CCCCCCCC(=O)O[C@H](COC(=O)CCCCCCCCCCCCCCCC)COP(=O)(O)OC[C@@H](O)COP(=O)(O)OC[C@@H](COC(=O)CCCCCCCCCCCCC)OC(=O)CCCCCCCCCCC(C)C. The lowest BCUT2D eigenvalue weighted by Gasteiger charge is -2.21. The molecule has 5 atom stereocenters. The Kier molecular flexibility index (Phi) is 63.1. The first-order valence-electron chi connectivity index (χ1n) is 37.0. The van der Waals surface area contributed by atoms with Gasteiger partial charge in [-0.2, -0.15) is 0 Å². The van der Waals surface area contributed by atoms with Crippen LogP contribution < -0.4 is 0 Å². The van der Waals surface area contributed by atoms with E-state index in [9.17, 15) is 43.2 Å². The van der Waals surface area contributed by atoms with E-state index in [0.717, 1.165) is 109 Å². The molecule has 0 heterocycles. The van der Waals surface area contributed by atoms with Gasteiger partial charge in [0.15, 0.2) is 12.2 Å². The van der Waals surface area contributed by atoms with Gasteiger partial charge in [-0.3, -0.25) is 37.3 Å². The Morgan fingerprint density at radius 2 is 0.593 bits per heavy atom. The van der Waals surface area contributed by atoms with Crippen molar-refractivity contribution in [1.29, 1.82) is 0 Å². The van der Waals surface area contributed by atoms with Gasteiger partial charge in [-0.15, -0.1) is 0 Å². The van der Waals surface area contributed by atoms with Gasteiger partial charge in [-0.25, -0.2) is 9.13 Å². The van der Waals surface area contributed by atoms with Crippen molar-refractivity contribution < 1.29 is 80.2 Å². The summed E-state index contributed by atoms with van der Waals surface area (Å²) in [6, 6.07) is 0. The Morgan fingerprint density at radius 1 is 0.341 bits per heavy atom. The second-order valence-corrected chi connectivity index (χ2v) is 28.7. The van der Waals surface area contributed by atoms with Crippen LogP contribution in [-0.2, 0) is 65.4 Å². The number of ether oxygens (including phenoxy) is 4. The minimum atomic E-state index is -4.96. The highest BCUT2D eigenvalue weighted by Gasteiger charge is 2.30. The first kappa shape index (κ1) is 88.5. The van der Waals surface area contributed by atoms with Crippen LogP contribution in [0.3, 0.4) is 0 Å². The smallest absolute Gasteiger partial charge is 0.462 e. The number of aliphatic hydroxyl groups excluding tert-OH is 1. The Labute approximate surface area is 554 Å². The van der Waals surface area contributed by atoms with Crippen LogP contribution in [0, 0.1) is 5.92 Å². The molecule has 2 unspecified atom stereocenters. The standard InChI is InChI=1S/C72H136O17P2/c1-6-9-12-15-18-21-24-26-28-30-33-36-42-47-52-57-71(76)88-67(61-83-70(75)56-51-46-41-35-32-29-27-25-22-19-16-13-10-7-2)63-86-90(78,79)84-59-66(73)60-85-91(80,81)87-64-68(89-72(77)58-53-48-43-38-37-39-44-49-54-65(4)5)62-82-69(74)55-50-45-40-34-31-23-20-17-14-11-8-3/h21,24,26,28,65-68,73H,6-20,22-23,25,27,29-64H2,1-5H3,(H,78,79)(H,80,81)/b24-21-,28-26-/t66-,67-,68-/m1/s1. The minimum absolute atomic E-state index is 0.0855. The summed E-state index contributed by atoms with van der Waals surface area (Å²) in [6.07, 6.45) is 54.8. The van der Waals surface area contributed by atoms with Gasteiger partial charge in [0.1, 0.15) is 19.3 Å². The maximum atomic E-state index is 13.0. The van der Waals surface area contributed by atoms with Gasteiger partial charge in [0.05, 0.1) is 26.4 Å². The molecule has 0 aliphatic rings. The predicted molar refractivity (Wildman–Crippen MR) is 368 cm³/mol. The lowest BCUT2D eigenvalue weighted by molar-refractivity contribution is -0.161. The molecule has 0 saturated heterocycles. The third-order valence-corrected chi connectivity index (χ3v) is 18.1. The van der Waals surface area contributed by atoms with E-state index in [1.807, 2.05) is 0 Å². The molecule has 0 saturated carbocycles. The van der Waals surface area contributed by atoms with Crippen molar-refractivity contribution in [3.8, 4) is 0 Å². The number of phosphoric acid groups is 2. The Bertz CT molecular complexity index is 1850. The second kappa shape index (κ2) is 64.9. The van der Waals surface area contributed by atoms with Gasteiger partial charge in [0, 0.05) is 25.7 Å². The second-order valence-electron chi connectivity index (χ2n) is 25.8. The molecule has 0 aliphatic heterocycles. The van der Waals surface area contributed by atoms with E-state index in [1.165, 1.54) is 161 Å². The zero-order valence-electron chi connectivity index (χ0n) is 58.5. The zero-order chi connectivity index (χ0) is 67.0. The van der Waals surface area contributed by atoms with Crippen molar-refractivity contribution >= 4 is 39.5 Å². The molecule has 19 heteroatoms. The van der Waals surface area contributed by atoms with Crippen LogP contribution in [0.2, 0.25) is 0 Å². The average molecular weight is 1340 g/mol. The molecule has 3 N–H and O–H groups in total. The van der Waals surface area contributed by atoms with Crippen LogP contribution >= 0.6 is 15.6 Å². The molecule has 0 bridgehead atoms. The molecule has 0 spiro atoms. The molecule has 0 radical (unpaired) electrons. The molecule has 0 rings (SSSR count). The van der Waals surface area contributed by atoms with Crippen LogP contribution in [0.5, 0.6) is 0 Å². The van der Waals surface area contributed by atoms with Crippen LogP contribution in [0.4, 0.5) is 0 Å². The van der Waals surface area contributed by atoms with Crippen molar-refractivity contribution in [3.63, 3.8) is 0 Å². The number of hydrogen-bond acceptors (Lipinski definition) is 15. The van der Waals surface area contributed by atoms with E-state index in [-0.39, 0.29) is 25.7 Å². The van der Waals surface area contributed by atoms with Crippen LogP contribution in [0.1, 0.15) is 349 Å². The van der Waals surface area contributed by atoms with Crippen LogP contribution in [0.15, 0.2) is 24.3 Å². The fraction of sp³-hybridized carbons (Fsp3) is 0.889. The lowest BCUT2D eigenvalue weighted by atomic mass is 10.0. The van der Waals surface area contributed by atoms with E-state index in [1.54, 1.807) is 0 Å². The molecule has 0 fully saturated rings. The third kappa shape index (κ3) is 66.0. The summed E-state index contributed by atoms with van der Waals surface area (Å²) >= 11 is 0. The first-order chi connectivity index (χ1) is 44.0. The highest BCUT2D eigenvalue weighted by atomic mass is 31.2. The monoisotopic (exact) mass is 1330 g/mol. The van der Waals surface area contributed by atoms with Crippen LogP contribution in [0.25, 0.3) is 0 Å². The van der Waals surface area contributed by atoms with E-state index in [4.69, 9.17) is 37.0 Å². The summed E-state index contributed by atoms with van der Waals surface area (Å²) < 4.78 is 68.3. The number of aliphatic hydroxyl groups is 1. The minimum Gasteiger partial charge on any atom is -0.462 e. The third-order valence-electron chi connectivity index (χ3n) is 16.2. The van der Waals surface area contributed by atoms with Crippen LogP contribution in [-0.4, -0.2) is 96.7 Å². The molecule has 0 aliphatic carbocycles. The summed E-state index contributed by atoms with van der Waals surface area (Å²) in [5.41, 5.74) is 0. The van der Waals surface area contributed by atoms with Crippen molar-refractivity contribution in [2.24, 2.45) is 5.92 Å². The van der Waals surface area contributed by atoms with Crippen molar-refractivity contribution in [2.45, 2.75) is 368 Å². The number of phosphoric ester groups is 2. The van der Waals surface area contributed by atoms with Gasteiger partial charge >= 0.3 is 39.5 Å². The van der Waals surface area contributed by atoms with Gasteiger partial charge in [0.25, 0.3) is 0 Å². The largest absolute Gasteiger partial charge is 0.472 e. The molecular formula is C72H136O17P2. The molecule has 0 aromatic heterocycles. The molecule has 0 aromatic rings. The van der Waals surface area contributed by atoms with Crippen molar-refractivity contribution in [3.05, 3.63) is 24.3 Å². The molecule has 17 nitrogen and oxygen atoms in total. The van der Waals surface area contributed by atoms with Gasteiger partial charge in [-0.1, -0.05) is 296 Å². The summed E-state index contributed by atoms with van der Waals surface area (Å²) in [6.45, 7) is 7.15. The zero-order valence-corrected chi connectivity index (χ0v) is 60.3. The quantitative estimate of drug-likeness (QED) is 0.0169. The Hall–Kier alpha value is -2.46. The fourth-order valence-electron chi connectivity index (χ4n) is 10.5. The molecule has 536 valence electrons. The average Bonchev–Trinajstić information content (AvgIpc) is 3.68. The van der Waals surface area contributed by atoms with Gasteiger partial charge < -0.3 is 33.8 Å².